The molecule has 2 aromatic rings. The van der Waals surface area contributed by atoms with Crippen LogP contribution in [-0.4, -0.2) is 25.8 Å². The molecule has 144 valence electrons. The van der Waals surface area contributed by atoms with Gasteiger partial charge in [0.15, 0.2) is 0 Å². The molecule has 8 heteroatoms. The average molecular weight is 371 g/mol. The van der Waals surface area contributed by atoms with Crippen molar-refractivity contribution in [3.8, 4) is 11.5 Å². The molecule has 5 N–H and O–H groups in total. The second-order valence-corrected chi connectivity index (χ2v) is 6.12. The van der Waals surface area contributed by atoms with Crippen molar-refractivity contribution in [1.82, 2.24) is 21.9 Å². The van der Waals surface area contributed by atoms with Crippen LogP contribution in [0.3, 0.4) is 0 Å². The third-order valence-electron chi connectivity index (χ3n) is 4.30. The van der Waals surface area contributed by atoms with Crippen LogP contribution in [0.2, 0.25) is 0 Å². The fraction of sp³-hybridized carbons (Fsp3) is 0.316. The zero-order valence-electron chi connectivity index (χ0n) is 15.4. The van der Waals surface area contributed by atoms with Crippen molar-refractivity contribution < 1.29 is 14.3 Å². The Morgan fingerprint density at radius 1 is 1.04 bits per heavy atom. The highest BCUT2D eigenvalue weighted by atomic mass is 16.5. The minimum absolute atomic E-state index is 0.0922. The fourth-order valence-electron chi connectivity index (χ4n) is 2.88. The van der Waals surface area contributed by atoms with Crippen LogP contribution in [0, 0.1) is 5.92 Å². The normalized spacial score (nSPS) is 15.3. The zero-order valence-corrected chi connectivity index (χ0v) is 15.4. The summed E-state index contributed by atoms with van der Waals surface area (Å²) in [5.41, 5.74) is 13.3. The number of benzene rings is 2. The van der Waals surface area contributed by atoms with Gasteiger partial charge in [-0.1, -0.05) is 12.1 Å². The Morgan fingerprint density at radius 3 is 2.26 bits per heavy atom. The lowest BCUT2D eigenvalue weighted by Crippen LogP contribution is -2.47. The second-order valence-electron chi connectivity index (χ2n) is 6.12. The van der Waals surface area contributed by atoms with Crippen LogP contribution in [0.1, 0.15) is 12.5 Å². The minimum Gasteiger partial charge on any atom is -0.497 e. The highest BCUT2D eigenvalue weighted by Crippen LogP contribution is 2.20. The molecule has 1 atom stereocenters. The van der Waals surface area contributed by atoms with Crippen LogP contribution < -0.4 is 36.7 Å². The van der Waals surface area contributed by atoms with E-state index in [1.54, 1.807) is 7.11 Å². The van der Waals surface area contributed by atoms with Crippen molar-refractivity contribution in [3.63, 3.8) is 0 Å². The van der Waals surface area contributed by atoms with Crippen LogP contribution >= 0.6 is 0 Å². The van der Waals surface area contributed by atoms with Crippen molar-refractivity contribution >= 4 is 11.6 Å². The van der Waals surface area contributed by atoms with E-state index in [4.69, 9.17) is 9.47 Å². The summed E-state index contributed by atoms with van der Waals surface area (Å²) in [6.07, 6.45) is 0.288. The Hall–Kier alpha value is -2.65. The maximum atomic E-state index is 12.9. The summed E-state index contributed by atoms with van der Waals surface area (Å²) in [6, 6.07) is 15.1. The van der Waals surface area contributed by atoms with Crippen molar-refractivity contribution in [2.45, 2.75) is 19.5 Å². The standard InChI is InChI=1S/C19H25N5O3/c1-3-27-16-10-6-14(7-11-16)20-19(25)17(18-21-23-24-22-18)12-13-4-8-15(26-2)9-5-13/h4-11,17-18,21-24H,3,12H2,1-2H3,(H,20,25). The molecule has 0 radical (unpaired) electrons. The summed E-state index contributed by atoms with van der Waals surface area (Å²) < 4.78 is 10.6. The van der Waals surface area contributed by atoms with Crippen LogP contribution in [0.5, 0.6) is 11.5 Å². The molecule has 1 amide bonds. The monoisotopic (exact) mass is 371 g/mol. The van der Waals surface area contributed by atoms with E-state index in [-0.39, 0.29) is 18.0 Å². The summed E-state index contributed by atoms with van der Waals surface area (Å²) in [5.74, 6) is 1.12. The van der Waals surface area contributed by atoms with Crippen LogP contribution in [-0.2, 0) is 11.2 Å². The molecule has 27 heavy (non-hydrogen) atoms. The zero-order chi connectivity index (χ0) is 19.1. The number of methoxy groups -OCH3 is 1. The summed E-state index contributed by atoms with van der Waals surface area (Å²) in [5, 5.41) is 2.98. The van der Waals surface area contributed by atoms with Gasteiger partial charge in [0.2, 0.25) is 5.91 Å². The van der Waals surface area contributed by atoms with Crippen molar-refractivity contribution in [1.29, 1.82) is 0 Å². The van der Waals surface area contributed by atoms with E-state index in [1.807, 2.05) is 55.5 Å². The first-order chi connectivity index (χ1) is 13.2. The van der Waals surface area contributed by atoms with Crippen molar-refractivity contribution in [2.75, 3.05) is 19.0 Å². The van der Waals surface area contributed by atoms with Crippen LogP contribution in [0.25, 0.3) is 0 Å². The Morgan fingerprint density at radius 2 is 1.67 bits per heavy atom. The number of carbonyl (C=O) groups is 1. The van der Waals surface area contributed by atoms with Crippen molar-refractivity contribution in [3.05, 3.63) is 54.1 Å². The van der Waals surface area contributed by atoms with Gasteiger partial charge in [-0.15, -0.1) is 0 Å². The second kappa shape index (κ2) is 9.33. The molecule has 8 nitrogen and oxygen atoms in total. The molecule has 1 aliphatic heterocycles. The third kappa shape index (κ3) is 5.18. The van der Waals surface area contributed by atoms with E-state index in [9.17, 15) is 4.79 Å². The van der Waals surface area contributed by atoms with Gasteiger partial charge < -0.3 is 14.8 Å². The van der Waals surface area contributed by atoms with Crippen LogP contribution in [0.15, 0.2) is 48.5 Å². The van der Waals surface area contributed by atoms with Gasteiger partial charge in [-0.25, -0.2) is 10.9 Å². The van der Waals surface area contributed by atoms with Gasteiger partial charge in [0, 0.05) is 5.69 Å². The number of hydrazine groups is 3. The Labute approximate surface area is 158 Å². The molecular weight excluding hydrogens is 346 g/mol. The number of hydrogen-bond acceptors (Lipinski definition) is 7. The molecule has 0 bridgehead atoms. The predicted octanol–water partition coefficient (Wildman–Crippen LogP) is 1.33. The van der Waals surface area contributed by atoms with E-state index in [1.165, 1.54) is 0 Å². The molecular formula is C19H25N5O3. The summed E-state index contributed by atoms with van der Waals surface area (Å²) in [4.78, 5) is 12.9. The Kier molecular flexibility index (Phi) is 6.61. The van der Waals surface area contributed by atoms with E-state index in [0.29, 0.717) is 13.0 Å². The minimum atomic E-state index is -0.354. The average Bonchev–Trinajstić information content (AvgIpc) is 3.22. The predicted molar refractivity (Wildman–Crippen MR) is 103 cm³/mol. The largest absolute Gasteiger partial charge is 0.497 e. The van der Waals surface area contributed by atoms with Gasteiger partial charge >= 0.3 is 0 Å². The summed E-state index contributed by atoms with van der Waals surface area (Å²) in [6.45, 7) is 2.54. The molecule has 1 saturated heterocycles. The number of anilines is 1. The molecule has 0 aliphatic carbocycles. The highest BCUT2D eigenvalue weighted by Gasteiger charge is 2.30. The van der Waals surface area contributed by atoms with Crippen LogP contribution in [0.4, 0.5) is 5.69 Å². The number of amides is 1. The lowest BCUT2D eigenvalue weighted by molar-refractivity contribution is -0.120. The van der Waals surface area contributed by atoms with Gasteiger partial charge in [-0.05, 0) is 55.3 Å². The van der Waals surface area contributed by atoms with E-state index >= 15 is 0 Å². The quantitative estimate of drug-likeness (QED) is 0.478. The lowest BCUT2D eigenvalue weighted by atomic mass is 9.95. The van der Waals surface area contributed by atoms with Gasteiger partial charge in [0.05, 0.1) is 25.8 Å². The molecule has 3 rings (SSSR count). The SMILES string of the molecule is CCOc1ccc(NC(=O)C(Cc2ccc(OC)cc2)C2NNNN2)cc1. The molecule has 1 fully saturated rings. The molecule has 2 aromatic carbocycles. The van der Waals surface area contributed by atoms with Crippen molar-refractivity contribution in [2.24, 2.45) is 5.92 Å². The molecule has 0 spiro atoms. The Balaban J connectivity index is 1.70. The summed E-state index contributed by atoms with van der Waals surface area (Å²) >= 11 is 0. The summed E-state index contributed by atoms with van der Waals surface area (Å²) in [7, 11) is 1.63. The van der Waals surface area contributed by atoms with Gasteiger partial charge in [-0.2, -0.15) is 11.1 Å². The first-order valence-corrected chi connectivity index (χ1v) is 8.87. The maximum Gasteiger partial charge on any atom is 0.230 e. The van der Waals surface area contributed by atoms with Gasteiger partial charge in [-0.3, -0.25) is 4.79 Å². The molecule has 1 unspecified atom stereocenters. The topological polar surface area (TPSA) is 95.7 Å². The Bertz CT molecular complexity index is 730. The fourth-order valence-corrected chi connectivity index (χ4v) is 2.88. The highest BCUT2D eigenvalue weighted by molar-refractivity contribution is 5.93. The number of carbonyl (C=O) groups excluding carboxylic acids is 1. The molecule has 0 aromatic heterocycles. The number of ether oxygens (including phenoxy) is 2. The first-order valence-electron chi connectivity index (χ1n) is 8.87. The van der Waals surface area contributed by atoms with Gasteiger partial charge in [0.25, 0.3) is 0 Å². The first kappa shape index (κ1) is 19.1. The van der Waals surface area contributed by atoms with E-state index < -0.39 is 0 Å². The van der Waals surface area contributed by atoms with Gasteiger partial charge in [0.1, 0.15) is 11.5 Å². The molecule has 0 saturated carbocycles. The van der Waals surface area contributed by atoms with E-state index in [2.05, 4.69) is 27.2 Å². The number of rotatable bonds is 8. The van der Waals surface area contributed by atoms with E-state index in [0.717, 1.165) is 22.7 Å². The molecule has 1 heterocycles. The smallest absolute Gasteiger partial charge is 0.230 e. The maximum absolute atomic E-state index is 12.9. The number of nitrogens with one attached hydrogen (secondary N) is 5. The third-order valence-corrected chi connectivity index (χ3v) is 4.30. The molecule has 1 aliphatic rings. The number of hydrogen-bond donors (Lipinski definition) is 5. The lowest BCUT2D eigenvalue weighted by Gasteiger charge is -2.22.